The molecule has 8 nitrogen and oxygen atoms in total. The zero-order chi connectivity index (χ0) is 15.8. The van der Waals surface area contributed by atoms with Gasteiger partial charge in [0.1, 0.15) is 6.54 Å². The molecule has 0 aromatic heterocycles. The number of carbonyl (C=O) groups excluding carboxylic acids is 4. The molecule has 0 saturated carbocycles. The maximum absolute atomic E-state index is 11.7. The minimum absolute atomic E-state index is 0.393. The number of nitrogens with one attached hydrogen (secondary N) is 2. The fraction of sp³-hybridized carbons (Fsp3) is 0.231. The molecule has 4 amide bonds. The van der Waals surface area contributed by atoms with E-state index in [1.165, 1.54) is 6.92 Å². The number of primary amides is 1. The summed E-state index contributed by atoms with van der Waals surface area (Å²) in [6, 6.07) is 7.25. The molecule has 0 saturated heterocycles. The average Bonchev–Trinajstić information content (AvgIpc) is 2.44. The van der Waals surface area contributed by atoms with Crippen LogP contribution in [0, 0.1) is 0 Å². The number of benzene rings is 1. The fourth-order valence-electron chi connectivity index (χ4n) is 1.36. The van der Waals surface area contributed by atoms with Crippen LogP contribution in [-0.4, -0.2) is 36.5 Å². The van der Waals surface area contributed by atoms with Crippen LogP contribution in [0.15, 0.2) is 30.3 Å². The number of ether oxygens (including phenoxy) is 1. The lowest BCUT2D eigenvalue weighted by atomic mass is 10.2. The van der Waals surface area contributed by atoms with Gasteiger partial charge in [-0.25, -0.2) is 4.79 Å². The molecular weight excluding hydrogens is 278 g/mol. The first-order valence-electron chi connectivity index (χ1n) is 6.03. The molecule has 0 heterocycles. The van der Waals surface area contributed by atoms with Gasteiger partial charge in [0, 0.05) is 5.56 Å². The summed E-state index contributed by atoms with van der Waals surface area (Å²) in [6.45, 7) is 0.872. The van der Waals surface area contributed by atoms with E-state index in [1.54, 1.807) is 35.6 Å². The van der Waals surface area contributed by atoms with Crippen LogP contribution in [-0.2, 0) is 14.3 Å². The molecular formula is C13H15N3O5. The van der Waals surface area contributed by atoms with Crippen LogP contribution in [0.5, 0.6) is 0 Å². The molecule has 0 bridgehead atoms. The second-order valence-electron chi connectivity index (χ2n) is 4.03. The molecule has 0 radical (unpaired) electrons. The standard InChI is InChI=1S/C13H15N3O5/c1-8(11(18)16-13(14)20)21-10(17)7-15-12(19)9-5-3-2-4-6-9/h2-6,8H,7H2,1H3,(H,15,19)(H3,14,16,18,20)/t8-/m1/s1. The van der Waals surface area contributed by atoms with Gasteiger partial charge in [0.25, 0.3) is 11.8 Å². The first-order chi connectivity index (χ1) is 9.90. The summed E-state index contributed by atoms with van der Waals surface area (Å²) in [5.74, 6) is -2.10. The van der Waals surface area contributed by atoms with E-state index in [-0.39, 0.29) is 0 Å². The van der Waals surface area contributed by atoms with Gasteiger partial charge in [-0.15, -0.1) is 0 Å². The zero-order valence-electron chi connectivity index (χ0n) is 11.3. The molecule has 0 spiro atoms. The largest absolute Gasteiger partial charge is 0.451 e. The van der Waals surface area contributed by atoms with Gasteiger partial charge in [-0.2, -0.15) is 0 Å². The highest BCUT2D eigenvalue weighted by atomic mass is 16.5. The SMILES string of the molecule is C[C@@H](OC(=O)CNC(=O)c1ccccc1)C(=O)NC(N)=O. The first-order valence-corrected chi connectivity index (χ1v) is 6.03. The van der Waals surface area contributed by atoms with Gasteiger partial charge in [0.05, 0.1) is 0 Å². The maximum Gasteiger partial charge on any atom is 0.326 e. The second-order valence-corrected chi connectivity index (χ2v) is 4.03. The van der Waals surface area contributed by atoms with Gasteiger partial charge in [0.2, 0.25) is 0 Å². The minimum Gasteiger partial charge on any atom is -0.451 e. The molecule has 0 aliphatic rings. The fourth-order valence-corrected chi connectivity index (χ4v) is 1.36. The molecule has 0 aliphatic carbocycles. The highest BCUT2D eigenvalue weighted by Crippen LogP contribution is 1.98. The van der Waals surface area contributed by atoms with Crippen LogP contribution >= 0.6 is 0 Å². The summed E-state index contributed by atoms with van der Waals surface area (Å²) in [4.78, 5) is 44.8. The maximum atomic E-state index is 11.7. The Labute approximate surface area is 120 Å². The summed E-state index contributed by atoms with van der Waals surface area (Å²) < 4.78 is 4.73. The molecule has 1 rings (SSSR count). The Morgan fingerprint density at radius 3 is 2.38 bits per heavy atom. The highest BCUT2D eigenvalue weighted by molar-refractivity contribution is 5.97. The van der Waals surface area contributed by atoms with Crippen LogP contribution in [0.25, 0.3) is 0 Å². The Morgan fingerprint density at radius 1 is 1.19 bits per heavy atom. The summed E-state index contributed by atoms with van der Waals surface area (Å²) >= 11 is 0. The van der Waals surface area contributed by atoms with Gasteiger partial charge in [-0.1, -0.05) is 18.2 Å². The van der Waals surface area contributed by atoms with E-state index in [4.69, 9.17) is 10.5 Å². The predicted octanol–water partition coefficient (Wildman–Crippen LogP) is -0.457. The first kappa shape index (κ1) is 16.2. The summed E-state index contributed by atoms with van der Waals surface area (Å²) in [5.41, 5.74) is 5.15. The van der Waals surface area contributed by atoms with Crippen LogP contribution in [0.2, 0.25) is 0 Å². The number of hydrogen-bond acceptors (Lipinski definition) is 5. The van der Waals surface area contributed by atoms with E-state index in [2.05, 4.69) is 5.32 Å². The lowest BCUT2D eigenvalue weighted by Gasteiger charge is -2.12. The van der Waals surface area contributed by atoms with Crippen molar-refractivity contribution < 1.29 is 23.9 Å². The number of imide groups is 1. The van der Waals surface area contributed by atoms with E-state index >= 15 is 0 Å². The van der Waals surface area contributed by atoms with E-state index in [9.17, 15) is 19.2 Å². The van der Waals surface area contributed by atoms with Crippen LogP contribution in [0.4, 0.5) is 4.79 Å². The number of esters is 1. The third-order valence-electron chi connectivity index (χ3n) is 2.35. The molecule has 0 unspecified atom stereocenters. The van der Waals surface area contributed by atoms with E-state index in [1.807, 2.05) is 0 Å². The Balaban J connectivity index is 2.39. The monoisotopic (exact) mass is 293 g/mol. The van der Waals surface area contributed by atoms with Crippen molar-refractivity contribution in [3.05, 3.63) is 35.9 Å². The Bertz CT molecular complexity index is 544. The normalized spacial score (nSPS) is 11.1. The van der Waals surface area contributed by atoms with Gasteiger partial charge < -0.3 is 15.8 Å². The van der Waals surface area contributed by atoms with Crippen LogP contribution in [0.1, 0.15) is 17.3 Å². The van der Waals surface area contributed by atoms with Crippen LogP contribution in [0.3, 0.4) is 0 Å². The van der Waals surface area contributed by atoms with Crippen molar-refractivity contribution in [1.29, 1.82) is 0 Å². The van der Waals surface area contributed by atoms with E-state index in [0.717, 1.165) is 0 Å². The molecule has 1 aromatic carbocycles. The summed E-state index contributed by atoms with van der Waals surface area (Å²) in [6.07, 6.45) is -1.20. The van der Waals surface area contributed by atoms with Gasteiger partial charge >= 0.3 is 12.0 Å². The van der Waals surface area contributed by atoms with Crippen molar-refractivity contribution in [2.24, 2.45) is 5.73 Å². The smallest absolute Gasteiger partial charge is 0.326 e. The molecule has 112 valence electrons. The van der Waals surface area contributed by atoms with Crippen molar-refractivity contribution in [2.45, 2.75) is 13.0 Å². The van der Waals surface area contributed by atoms with Gasteiger partial charge in [-0.05, 0) is 19.1 Å². The lowest BCUT2D eigenvalue weighted by Crippen LogP contribution is -2.43. The van der Waals surface area contributed by atoms with Crippen molar-refractivity contribution >= 4 is 23.8 Å². The zero-order valence-corrected chi connectivity index (χ0v) is 11.3. The third kappa shape index (κ3) is 5.72. The van der Waals surface area contributed by atoms with E-state index in [0.29, 0.717) is 5.56 Å². The van der Waals surface area contributed by atoms with Crippen LogP contribution < -0.4 is 16.4 Å². The van der Waals surface area contributed by atoms with Gasteiger partial charge in [0.15, 0.2) is 6.10 Å². The molecule has 8 heteroatoms. The number of hydrogen-bond donors (Lipinski definition) is 3. The molecule has 21 heavy (non-hydrogen) atoms. The lowest BCUT2D eigenvalue weighted by molar-refractivity contribution is -0.153. The van der Waals surface area contributed by atoms with Crippen molar-refractivity contribution in [3.8, 4) is 0 Å². The molecule has 0 aliphatic heterocycles. The number of urea groups is 1. The average molecular weight is 293 g/mol. The summed E-state index contributed by atoms with van der Waals surface area (Å²) in [7, 11) is 0. The van der Waals surface area contributed by atoms with E-state index < -0.39 is 36.5 Å². The molecule has 1 atom stereocenters. The molecule has 1 aromatic rings. The number of rotatable bonds is 5. The van der Waals surface area contributed by atoms with Gasteiger partial charge in [-0.3, -0.25) is 19.7 Å². The van der Waals surface area contributed by atoms with Crippen molar-refractivity contribution in [2.75, 3.05) is 6.54 Å². The number of carbonyl (C=O) groups is 4. The molecule has 0 fully saturated rings. The third-order valence-corrected chi connectivity index (χ3v) is 2.35. The Hall–Kier alpha value is -2.90. The predicted molar refractivity (Wildman–Crippen MR) is 72.1 cm³/mol. The highest BCUT2D eigenvalue weighted by Gasteiger charge is 2.19. The van der Waals surface area contributed by atoms with Crippen molar-refractivity contribution in [3.63, 3.8) is 0 Å². The molecule has 4 N–H and O–H groups in total. The quantitative estimate of drug-likeness (QED) is 0.633. The minimum atomic E-state index is -1.20. The van der Waals surface area contributed by atoms with Crippen molar-refractivity contribution in [1.82, 2.24) is 10.6 Å². The summed E-state index contributed by atoms with van der Waals surface area (Å²) in [5, 5.41) is 4.12. The number of amides is 4. The topological polar surface area (TPSA) is 128 Å². The number of nitrogens with two attached hydrogens (primary N) is 1. The second kappa shape index (κ2) is 7.63. The Kier molecular flexibility index (Phi) is 5.87. The Morgan fingerprint density at radius 2 is 1.81 bits per heavy atom.